The lowest BCUT2D eigenvalue weighted by Crippen LogP contribution is -1.64. The molecule has 0 atom stereocenters. The van der Waals surface area contributed by atoms with Gasteiger partial charge in [0.15, 0.2) is 0 Å². The Balaban J connectivity index is 2.84. The minimum atomic E-state index is -0.547. The maximum atomic E-state index is 11.9. The molecule has 0 spiro atoms. The Labute approximate surface area is 51.9 Å². The molecular weight excluding hydrogens is 127 g/mol. The average molecular weight is 132 g/mol. The van der Waals surface area contributed by atoms with E-state index in [-0.39, 0.29) is 0 Å². The third-order valence-corrected chi connectivity index (χ3v) is 1.10. The minimum Gasteiger partial charge on any atom is -0.435 e. The number of hydrogen-bond acceptors (Lipinski definition) is 2. The van der Waals surface area contributed by atoms with Crippen LogP contribution >= 0.6 is 12.6 Å². The molecule has 0 aliphatic carbocycles. The maximum absolute atomic E-state index is 11.9. The third kappa shape index (κ3) is 1.04. The summed E-state index contributed by atoms with van der Waals surface area (Å²) in [5.74, 6) is 1.01. The summed E-state index contributed by atoms with van der Waals surface area (Å²) in [4.78, 5) is 0. The molecule has 0 saturated heterocycles. The maximum Gasteiger partial charge on any atom is 0.277 e. The quantitative estimate of drug-likeness (QED) is 0.575. The van der Waals surface area contributed by atoms with Gasteiger partial charge in [0.2, 0.25) is 0 Å². The Kier molecular flexibility index (Phi) is 1.58. The summed E-state index contributed by atoms with van der Waals surface area (Å²) in [5.41, 5.74) is 0. The van der Waals surface area contributed by atoms with Gasteiger partial charge in [-0.25, -0.2) is 0 Å². The van der Waals surface area contributed by atoms with Gasteiger partial charge >= 0.3 is 0 Å². The Hall–Kier alpha value is -0.440. The molecule has 3 heteroatoms. The molecule has 0 aliphatic heterocycles. The molecular formula is C5H5FOS. The highest BCUT2D eigenvalue weighted by Crippen LogP contribution is 2.06. The SMILES string of the molecule is Fc1ccc(CS)o1. The third-order valence-electron chi connectivity index (χ3n) is 0.785. The zero-order chi connectivity index (χ0) is 5.98. The summed E-state index contributed by atoms with van der Waals surface area (Å²) in [7, 11) is 0. The van der Waals surface area contributed by atoms with Gasteiger partial charge < -0.3 is 4.42 Å². The fourth-order valence-electron chi connectivity index (χ4n) is 0.437. The van der Waals surface area contributed by atoms with Crippen LogP contribution in [0.2, 0.25) is 0 Å². The first-order valence-electron chi connectivity index (χ1n) is 2.18. The predicted octanol–water partition coefficient (Wildman–Crippen LogP) is 1.85. The molecule has 1 heterocycles. The van der Waals surface area contributed by atoms with Crippen LogP contribution in [0.25, 0.3) is 0 Å². The van der Waals surface area contributed by atoms with Gasteiger partial charge in [-0.15, -0.1) is 0 Å². The van der Waals surface area contributed by atoms with E-state index < -0.39 is 6.01 Å². The van der Waals surface area contributed by atoms with E-state index in [9.17, 15) is 4.39 Å². The molecule has 0 bridgehead atoms. The molecule has 8 heavy (non-hydrogen) atoms. The van der Waals surface area contributed by atoms with Crippen molar-refractivity contribution in [1.82, 2.24) is 0 Å². The van der Waals surface area contributed by atoms with E-state index in [0.29, 0.717) is 11.5 Å². The molecule has 1 aromatic heterocycles. The van der Waals surface area contributed by atoms with E-state index in [2.05, 4.69) is 17.0 Å². The minimum absolute atomic E-state index is 0.448. The first-order chi connectivity index (χ1) is 3.83. The fraction of sp³-hybridized carbons (Fsp3) is 0.200. The second-order valence-corrected chi connectivity index (χ2v) is 1.68. The lowest BCUT2D eigenvalue weighted by atomic mass is 10.5. The van der Waals surface area contributed by atoms with Crippen molar-refractivity contribution in [2.75, 3.05) is 0 Å². The summed E-state index contributed by atoms with van der Waals surface area (Å²) in [6.07, 6.45) is 0. The summed E-state index contributed by atoms with van der Waals surface area (Å²) < 4.78 is 16.4. The van der Waals surface area contributed by atoms with Gasteiger partial charge in [0, 0.05) is 11.8 Å². The van der Waals surface area contributed by atoms with E-state index in [1.807, 2.05) is 0 Å². The highest BCUT2D eigenvalue weighted by Gasteiger charge is 1.95. The highest BCUT2D eigenvalue weighted by atomic mass is 32.1. The van der Waals surface area contributed by atoms with Crippen molar-refractivity contribution in [3.8, 4) is 0 Å². The monoisotopic (exact) mass is 132 g/mol. The van der Waals surface area contributed by atoms with Crippen LogP contribution < -0.4 is 0 Å². The van der Waals surface area contributed by atoms with Crippen LogP contribution in [0, 0.1) is 6.01 Å². The average Bonchev–Trinajstić information content (AvgIpc) is 2.14. The van der Waals surface area contributed by atoms with Crippen molar-refractivity contribution in [3.05, 3.63) is 23.9 Å². The van der Waals surface area contributed by atoms with Gasteiger partial charge in [-0.1, -0.05) is 0 Å². The van der Waals surface area contributed by atoms with E-state index in [1.54, 1.807) is 6.07 Å². The van der Waals surface area contributed by atoms with Crippen molar-refractivity contribution < 1.29 is 8.81 Å². The van der Waals surface area contributed by atoms with Gasteiger partial charge in [0.05, 0.1) is 0 Å². The van der Waals surface area contributed by atoms with Gasteiger partial charge in [-0.3, -0.25) is 0 Å². The Morgan fingerprint density at radius 2 is 2.38 bits per heavy atom. The summed E-state index contributed by atoms with van der Waals surface area (Å²) in [6, 6.07) is 2.28. The normalized spacial score (nSPS) is 9.75. The van der Waals surface area contributed by atoms with E-state index in [4.69, 9.17) is 0 Å². The fourth-order valence-corrected chi connectivity index (χ4v) is 0.607. The highest BCUT2D eigenvalue weighted by molar-refractivity contribution is 7.79. The van der Waals surface area contributed by atoms with Crippen LogP contribution in [0.1, 0.15) is 5.76 Å². The topological polar surface area (TPSA) is 13.1 Å². The molecule has 0 aromatic carbocycles. The van der Waals surface area contributed by atoms with Crippen LogP contribution in [0.15, 0.2) is 16.5 Å². The van der Waals surface area contributed by atoms with Gasteiger partial charge in [-0.05, 0) is 6.07 Å². The van der Waals surface area contributed by atoms with Crippen LogP contribution in [0.5, 0.6) is 0 Å². The summed E-state index contributed by atoms with van der Waals surface area (Å²) in [5, 5.41) is 0. The van der Waals surface area contributed by atoms with Crippen LogP contribution in [0.4, 0.5) is 4.39 Å². The Bertz CT molecular complexity index is 173. The lowest BCUT2D eigenvalue weighted by Gasteiger charge is -1.80. The van der Waals surface area contributed by atoms with E-state index in [1.165, 1.54) is 6.07 Å². The number of furan rings is 1. The van der Waals surface area contributed by atoms with Crippen LogP contribution in [-0.2, 0) is 5.75 Å². The Morgan fingerprint density at radius 3 is 2.62 bits per heavy atom. The smallest absolute Gasteiger partial charge is 0.277 e. The van der Waals surface area contributed by atoms with Crippen molar-refractivity contribution in [1.29, 1.82) is 0 Å². The van der Waals surface area contributed by atoms with Crippen LogP contribution in [0.3, 0.4) is 0 Å². The molecule has 0 aliphatic rings. The lowest BCUT2D eigenvalue weighted by molar-refractivity contribution is 0.344. The zero-order valence-corrected chi connectivity index (χ0v) is 4.99. The first kappa shape index (κ1) is 5.69. The van der Waals surface area contributed by atoms with Crippen molar-refractivity contribution in [2.45, 2.75) is 5.75 Å². The zero-order valence-electron chi connectivity index (χ0n) is 4.10. The van der Waals surface area contributed by atoms with Crippen molar-refractivity contribution >= 4 is 12.6 Å². The molecule has 1 aromatic rings. The second kappa shape index (κ2) is 2.22. The molecule has 0 saturated carbocycles. The van der Waals surface area contributed by atoms with Crippen molar-refractivity contribution in [3.63, 3.8) is 0 Å². The molecule has 0 fully saturated rings. The Morgan fingerprint density at radius 1 is 1.62 bits per heavy atom. The van der Waals surface area contributed by atoms with E-state index in [0.717, 1.165) is 0 Å². The second-order valence-electron chi connectivity index (χ2n) is 1.36. The number of halogens is 1. The molecule has 0 amide bonds. The number of rotatable bonds is 1. The van der Waals surface area contributed by atoms with Gasteiger partial charge in [-0.2, -0.15) is 17.0 Å². The number of thiol groups is 1. The van der Waals surface area contributed by atoms with Gasteiger partial charge in [0.1, 0.15) is 5.76 Å². The molecule has 1 nitrogen and oxygen atoms in total. The van der Waals surface area contributed by atoms with E-state index >= 15 is 0 Å². The predicted molar refractivity (Wildman–Crippen MR) is 31.4 cm³/mol. The molecule has 0 unspecified atom stereocenters. The molecule has 44 valence electrons. The van der Waals surface area contributed by atoms with Crippen molar-refractivity contribution in [2.24, 2.45) is 0 Å². The first-order valence-corrected chi connectivity index (χ1v) is 2.81. The standard InChI is InChI=1S/C5H5FOS/c6-5-2-1-4(3-8)7-5/h1-2,8H,3H2. The molecule has 1 rings (SSSR count). The van der Waals surface area contributed by atoms with Gasteiger partial charge in [0.25, 0.3) is 6.01 Å². The van der Waals surface area contributed by atoms with Crippen LogP contribution in [-0.4, -0.2) is 0 Å². The summed E-state index contributed by atoms with van der Waals surface area (Å²) >= 11 is 3.86. The molecule has 0 N–H and O–H groups in total. The largest absolute Gasteiger partial charge is 0.435 e. The summed E-state index contributed by atoms with van der Waals surface area (Å²) in [6.45, 7) is 0. The number of hydrogen-bond donors (Lipinski definition) is 1. The molecule has 0 radical (unpaired) electrons.